The van der Waals surface area contributed by atoms with Crippen molar-refractivity contribution in [2.45, 2.75) is 315 Å². The van der Waals surface area contributed by atoms with E-state index in [1.807, 2.05) is 13.8 Å². The van der Waals surface area contributed by atoms with Crippen molar-refractivity contribution in [1.82, 2.24) is 0 Å². The van der Waals surface area contributed by atoms with Gasteiger partial charge in [-0.05, 0) is 45.6 Å². The van der Waals surface area contributed by atoms with Crippen LogP contribution in [0.15, 0.2) is 49.0 Å². The molecule has 14 heterocycles. The number of hydrogen-bond donors (Lipinski definition) is 10. The molecule has 14 saturated heterocycles. The fourth-order valence-electron chi connectivity index (χ4n) is 16.6. The smallest absolute Gasteiger partial charge is 0.331 e. The Morgan fingerprint density at radius 1 is 0.236 bits per heavy atom. The molecule has 0 aliphatic carbocycles. The summed E-state index contributed by atoms with van der Waals surface area (Å²) in [4.78, 5) is 199. The van der Waals surface area contributed by atoms with Gasteiger partial charge in [0.05, 0.1) is 155 Å². The molecule has 0 bridgehead atoms. The second-order valence-corrected chi connectivity index (χ2v) is 35.3. The highest BCUT2D eigenvalue weighted by Gasteiger charge is 2.57. The third-order valence-corrected chi connectivity index (χ3v) is 23.5. The van der Waals surface area contributed by atoms with E-state index in [1.165, 1.54) is 13.8 Å². The maximum Gasteiger partial charge on any atom is 0.331 e. The lowest BCUT2D eigenvalue weighted by Crippen LogP contribution is -2.36. The van der Waals surface area contributed by atoms with Crippen molar-refractivity contribution in [3.05, 3.63) is 49.0 Å². The Kier molecular flexibility index (Phi) is 48.7. The van der Waals surface area contributed by atoms with Crippen LogP contribution in [0, 0.1) is 11.8 Å². The van der Waals surface area contributed by atoms with Crippen molar-refractivity contribution in [3.63, 3.8) is 0 Å². The van der Waals surface area contributed by atoms with Gasteiger partial charge in [0, 0.05) is 87.9 Å². The van der Waals surface area contributed by atoms with E-state index < -0.39 is 200 Å². The van der Waals surface area contributed by atoms with Gasteiger partial charge in [-0.25, -0.2) is 14.4 Å². The Morgan fingerprint density at radius 3 is 0.681 bits per heavy atom. The molecule has 0 aromatic rings. The fraction of sp³-hybridized carbons (Fsp3) is 0.717. The molecule has 0 unspecified atom stereocenters. The van der Waals surface area contributed by atoms with E-state index in [2.05, 4.69) is 13.2 Å². The van der Waals surface area contributed by atoms with E-state index in [-0.39, 0.29) is 240 Å². The molecule has 10 N–H and O–H groups in total. The lowest BCUT2D eigenvalue weighted by Gasteiger charge is -2.17. The number of hydrogen-bond acceptors (Lipinski definition) is 46. The number of aliphatic hydroxyl groups is 4. The normalized spacial score (nSPS) is 31.3. The van der Waals surface area contributed by atoms with Crippen LogP contribution in [0.2, 0.25) is 0 Å². The molecule has 28 atom stereocenters. The lowest BCUT2D eigenvalue weighted by atomic mass is 10.0. The molecule has 0 spiro atoms. The molecule has 52 nitrogen and oxygen atoms in total. The molecule has 0 aromatic carbocycles. The molecule has 14 aliphatic rings. The van der Waals surface area contributed by atoms with Crippen LogP contribution in [-0.4, -0.2) is 409 Å². The van der Waals surface area contributed by atoms with Gasteiger partial charge < -0.3 is 174 Å². The largest absolute Gasteiger partial charge is 0.513 e. The number of carbonyl (C=O) groups excluding carboxylic acids is 12. The molecule has 0 radical (unpaired) electrons. The molecule has 0 aromatic heterocycles. The van der Waals surface area contributed by atoms with Gasteiger partial charge in [-0.2, -0.15) is 0 Å². The summed E-state index contributed by atoms with van der Waals surface area (Å²) in [5, 5.41) is 87.7. The van der Waals surface area contributed by atoms with Gasteiger partial charge in [0.15, 0.2) is 61.0 Å². The summed E-state index contributed by atoms with van der Waals surface area (Å²) in [5.74, 6) is -11.4. The van der Waals surface area contributed by atoms with Crippen molar-refractivity contribution >= 4 is 107 Å². The predicted molar refractivity (Wildman–Crippen MR) is 467 cm³/mol. The van der Waals surface area contributed by atoms with Crippen LogP contribution in [0.25, 0.3) is 0 Å². The Hall–Kier alpha value is -11.2. The average molecular weight is 2060 g/mol. The van der Waals surface area contributed by atoms with Crippen LogP contribution in [-0.2, 0) is 200 Å². The molecule has 52 heteroatoms. The number of carbonyl (C=O) groups is 18. The Bertz CT molecular complexity index is 4180. The van der Waals surface area contributed by atoms with Gasteiger partial charge in [-0.15, -0.1) is 0 Å². The predicted octanol–water partition coefficient (Wildman–Crippen LogP) is 0.343. The molecular formula is C92H126O52. The molecular weight excluding hydrogens is 1940 g/mol. The van der Waals surface area contributed by atoms with E-state index in [0.717, 1.165) is 18.2 Å². The molecule has 14 aliphatic heterocycles. The highest BCUT2D eigenvalue weighted by Crippen LogP contribution is 2.38. The maximum absolute atomic E-state index is 11.8. The number of ketones is 2. The molecule has 14 fully saturated rings. The van der Waals surface area contributed by atoms with Gasteiger partial charge in [-0.1, -0.05) is 27.0 Å². The van der Waals surface area contributed by atoms with Crippen LogP contribution < -0.4 is 0 Å². The van der Waals surface area contributed by atoms with Crippen molar-refractivity contribution in [2.24, 2.45) is 11.8 Å². The third kappa shape index (κ3) is 39.3. The number of carboxylic acid groups (broad SMARTS) is 6. The van der Waals surface area contributed by atoms with Crippen LogP contribution in [0.3, 0.4) is 0 Å². The maximum atomic E-state index is 11.8. The average Bonchev–Trinajstić information content (AvgIpc) is 1.64. The lowest BCUT2D eigenvalue weighted by molar-refractivity contribution is -0.157. The van der Waals surface area contributed by atoms with Crippen LogP contribution in [0.5, 0.6) is 0 Å². The van der Waals surface area contributed by atoms with Crippen molar-refractivity contribution < 1.29 is 251 Å². The third-order valence-electron chi connectivity index (χ3n) is 23.5. The zero-order valence-electron chi connectivity index (χ0n) is 79.5. The van der Waals surface area contributed by atoms with E-state index in [4.69, 9.17) is 155 Å². The minimum absolute atomic E-state index is 0.00315. The number of esters is 10. The molecule has 14 rings (SSSR count). The molecule has 0 amide bonds. The highest BCUT2D eigenvalue weighted by molar-refractivity contribution is 5.91. The summed E-state index contributed by atoms with van der Waals surface area (Å²) in [7, 11) is 0. The van der Waals surface area contributed by atoms with Crippen LogP contribution in [0.4, 0.5) is 0 Å². The first-order chi connectivity index (χ1) is 68.4. The number of aliphatic carboxylic acids is 6. The fourth-order valence-corrected chi connectivity index (χ4v) is 16.6. The van der Waals surface area contributed by atoms with E-state index >= 15 is 0 Å². The number of Topliss-reactive ketones (excluding diaryl/α,β-unsaturated/α-hetero) is 2. The summed E-state index contributed by atoms with van der Waals surface area (Å²) < 4.78 is 128. The van der Waals surface area contributed by atoms with E-state index in [1.54, 1.807) is 0 Å². The van der Waals surface area contributed by atoms with E-state index in [0.29, 0.717) is 76.4 Å². The number of carboxylic acids is 6. The Balaban J connectivity index is 0.000000206. The monoisotopic (exact) mass is 2060 g/mol. The minimum Gasteiger partial charge on any atom is -0.513 e. The number of fused-ring (bicyclic) bond motifs is 7. The molecule has 806 valence electrons. The SMILES string of the molecule is C=C(O)C=CC(=O)O[C@H]1CO[C@H]2[C@@H]1OC[C@H]2OC(=O)C=CC(=O)O.C=C(O)CCC(=O)O[C@H]1CO[C@H]2[C@@H]1OC[C@H]2OC(=O)CCC(=O)O.CC(=O)CCCC(=O)O[C@H]1CO[C@H]2[C@@H]1OC[C@H]2O.CC(=O)CCCC(=O)O[C@H]1CO[C@H]2[C@@H]1OC[C@H]2OC(=O)CCCC(=O)O.C[C@H]1CO[C@H]2[C@@H]1OC[C@H]2OC(=O)CCC(=O)O.C[C@H]1CO[C@H]2[C@@H]1OC[C@H]2OC(=O)CCCC(=O)O.O=C(O)CCC(=O)O[C@H]1CO[C@H]2[C@@H]1OC[C@H]2O. The highest BCUT2D eigenvalue weighted by atomic mass is 16.7. The number of aliphatic hydroxyl groups excluding tert-OH is 4. The topological polar surface area (TPSA) is 731 Å². The minimum atomic E-state index is -1.27. The summed E-state index contributed by atoms with van der Waals surface area (Å²) >= 11 is 0. The second-order valence-electron chi connectivity index (χ2n) is 35.3. The summed E-state index contributed by atoms with van der Waals surface area (Å²) in [6.07, 6.45) is -7.32. The first-order valence-corrected chi connectivity index (χ1v) is 46.8. The van der Waals surface area contributed by atoms with Crippen molar-refractivity contribution in [1.29, 1.82) is 0 Å². The Labute approximate surface area is 823 Å². The van der Waals surface area contributed by atoms with E-state index in [9.17, 15) is 96.5 Å². The summed E-state index contributed by atoms with van der Waals surface area (Å²) in [5.41, 5.74) is 0. The van der Waals surface area contributed by atoms with Gasteiger partial charge >= 0.3 is 95.5 Å². The Morgan fingerprint density at radius 2 is 0.438 bits per heavy atom. The van der Waals surface area contributed by atoms with Crippen LogP contribution >= 0.6 is 0 Å². The van der Waals surface area contributed by atoms with Gasteiger partial charge in [0.2, 0.25) is 0 Å². The molecule has 0 saturated carbocycles. The van der Waals surface area contributed by atoms with Gasteiger partial charge in [-0.3, -0.25) is 62.3 Å². The standard InChI is InChI=1S/C17H24O9.C15H20O9.C15H16O9.2C12H18O6.C11H16O6.C10H14O7/c1-10(18)4-2-6-14(21)25-11-8-23-17-12(9-24-16(11)17)26-15(22)7-3-5-13(19)20;2*1-8(16)2-4-12(19)23-9-6-21-15-10(7-22-14(9)15)24-13(20)5-3-11(17)18;1-7-5-16-12-8(6-17-11(7)12)18-10(15)4-2-3-9(13)14;1-7(13)3-2-4-10(15)18-9-6-17-11-8(14)5-16-12(9)11;1-6-4-15-11-7(5-16-10(6)11)17-9(14)3-2-8(12)13;11-5-3-15-10-6(4-16-9(5)10)17-8(14)2-1-7(12)13/h11-12,16-17H,2-9H2,1H3,(H,19,20);9-10,14-16H,1-7H2,(H,17,18);2-5,9-10,14-16H,1,6-7H2,(H,17,18);7-8,11-12H,2-6H2,1H3,(H,13,14);8-9,11-12,14H,2-6H2,1H3;6-7,10-11H,2-5H2,1H3,(H,12,13);5-6,9-11H,1-4H2,(H,12,13)/t11-,12+,16+,17+;2*9-,10+,14+,15+;7-,8+,11+,12+;8-,9+,11-,12-;6-,7+,10+,11+;5-,6+,9-,10-/m0000101/s1. The first kappa shape index (κ1) is 118. The zero-order valence-corrected chi connectivity index (χ0v) is 79.5. The number of ether oxygens (including phenoxy) is 24. The number of allylic oxidation sites excluding steroid dienone is 2. The summed E-state index contributed by atoms with van der Waals surface area (Å²) in [6, 6.07) is 0. The zero-order chi connectivity index (χ0) is 106. The molecule has 144 heavy (non-hydrogen) atoms. The number of rotatable bonds is 42. The second kappa shape index (κ2) is 59.4. The van der Waals surface area contributed by atoms with Crippen LogP contribution in [0.1, 0.15) is 156 Å². The van der Waals surface area contributed by atoms with Crippen molar-refractivity contribution in [3.8, 4) is 0 Å². The quantitative estimate of drug-likeness (QED) is 0.0130. The first-order valence-electron chi connectivity index (χ1n) is 46.8. The van der Waals surface area contributed by atoms with Gasteiger partial charge in [0.25, 0.3) is 0 Å². The van der Waals surface area contributed by atoms with Crippen molar-refractivity contribution in [2.75, 3.05) is 92.5 Å². The summed E-state index contributed by atoms with van der Waals surface area (Å²) in [6.45, 7) is 16.9. The van der Waals surface area contributed by atoms with Gasteiger partial charge in [0.1, 0.15) is 103 Å².